The Morgan fingerprint density at radius 1 is 0.558 bits per heavy atom. The molecule has 12 unspecified atom stereocenters. The molecule has 129 heavy (non-hydrogen) atoms. The van der Waals surface area contributed by atoms with Crippen molar-refractivity contribution >= 4 is 129 Å². The Hall–Kier alpha value is -11.9. The summed E-state index contributed by atoms with van der Waals surface area (Å²) in [4.78, 5) is 199. The summed E-state index contributed by atoms with van der Waals surface area (Å²) in [6.07, 6.45) is 0.492. The van der Waals surface area contributed by atoms with Gasteiger partial charge in [-0.15, -0.1) is 0 Å². The highest BCUT2D eigenvalue weighted by Crippen LogP contribution is 2.40. The number of esters is 2. The van der Waals surface area contributed by atoms with Gasteiger partial charge in [0.05, 0.1) is 42.0 Å². The number of amides is 8. The van der Waals surface area contributed by atoms with Crippen LogP contribution in [0.15, 0.2) is 122 Å². The third-order valence-electron chi connectivity index (χ3n) is 25.3. The number of nitrogens with two attached hydrogens (primary N) is 1. The zero-order valence-corrected chi connectivity index (χ0v) is 77.3. The summed E-state index contributed by atoms with van der Waals surface area (Å²) in [6, 6.07) is 21.4. The van der Waals surface area contributed by atoms with Crippen molar-refractivity contribution in [3.05, 3.63) is 152 Å². The normalized spacial score (nSPS) is 23.7. The van der Waals surface area contributed by atoms with E-state index in [2.05, 4.69) is 92.4 Å². The Balaban J connectivity index is 0.000000331. The number of aromatic nitrogens is 2. The van der Waals surface area contributed by atoms with Crippen LogP contribution in [0.25, 0.3) is 44.2 Å². The van der Waals surface area contributed by atoms with E-state index in [0.717, 1.165) is 48.0 Å². The molecule has 7 aliphatic rings. The van der Waals surface area contributed by atoms with E-state index in [4.69, 9.17) is 33.7 Å². The monoisotopic (exact) mass is 1820 g/mol. The summed E-state index contributed by atoms with van der Waals surface area (Å²) in [5, 5.41) is 12.3. The predicted octanol–water partition coefficient (Wildman–Crippen LogP) is 7.73. The van der Waals surface area contributed by atoms with Gasteiger partial charge in [-0.25, -0.2) is 14.6 Å². The minimum Gasteiger partial charge on any atom is -0.458 e. The second-order valence-corrected chi connectivity index (χ2v) is 38.6. The highest BCUT2D eigenvalue weighted by Gasteiger charge is 2.49. The number of nitrogens with one attached hydrogen (secondary N) is 4. The molecular formula is C93H116N12O22S2. The first-order valence-corrected chi connectivity index (χ1v) is 46.2. The number of para-hydroxylation sites is 1. The molecule has 5 heterocycles. The number of ketones is 2. The molecule has 0 bridgehead atoms. The second-order valence-electron chi connectivity index (χ2n) is 35.8. The third-order valence-corrected chi connectivity index (χ3v) is 27.1. The van der Waals surface area contributed by atoms with Crippen molar-refractivity contribution in [3.63, 3.8) is 0 Å². The fourth-order valence-electron chi connectivity index (χ4n) is 18.3. The molecule has 3 aliphatic carbocycles. The van der Waals surface area contributed by atoms with E-state index in [1.165, 1.54) is 123 Å². The Morgan fingerprint density at radius 2 is 1.01 bits per heavy atom. The molecule has 692 valence electrons. The van der Waals surface area contributed by atoms with Gasteiger partial charge in [-0.2, -0.15) is 16.8 Å². The number of fused-ring (bicyclic) bond motifs is 8. The van der Waals surface area contributed by atoms with Crippen molar-refractivity contribution in [2.45, 2.75) is 199 Å². The first-order chi connectivity index (χ1) is 60.6. The number of anilines is 1. The molecule has 6 aromatic rings. The Bertz CT molecular complexity index is 5920. The standard InChI is InChI=1S/C64H88N10O16.C19H20N2.C10H8O6S2/c1-27(2)44-53(78)35-19-17-21-37(35)61(84)71(13)25-40(75)73(15)50(29(5)6)63(86)88-33(11)46(59(82)67-44)69-57(80)39-24-23-31(9)55-48(39)66-49-42(43(65)52(77)32(10)56(49)90-55)58(81)70-47-34(12)89-64(87)51(30(7)8)74(16)41(76)26-72(14)62(85)38-22-18-20-36(38)54(79)45(28(3)4)68-60(47)83;1-20-12-11-19-17(14-20)16-9-5-6-10-18(16)21(19)13-15-7-3-2-4-8-15;11-17(12,13)9-5-1-3-7-8(9)4-2-6-10(7)18(14,15)16/h23-24,27-30,33-38,44-47,50-51H,17-22,25-26,65H2,1-16H3,(H,67,82)(H,68,83)(H,69,80)(H,70,81);2-10H,11-14H2,1H3;1-6H,(H,11,12,13)(H,14,15,16). The van der Waals surface area contributed by atoms with E-state index < -0.39 is 226 Å². The summed E-state index contributed by atoms with van der Waals surface area (Å²) in [7, 11) is -1.06. The number of Topliss-reactive ketones (excluding diaryl/α,β-unsaturated/α-hetero) is 2. The number of aryl methyl sites for hydroxylation is 1. The Labute approximate surface area is 749 Å². The summed E-state index contributed by atoms with van der Waals surface area (Å²) in [6.45, 7) is 21.5. The number of hydrogen-bond donors (Lipinski definition) is 7. The summed E-state index contributed by atoms with van der Waals surface area (Å²) >= 11 is 0. The van der Waals surface area contributed by atoms with Crippen molar-refractivity contribution in [3.8, 4) is 11.5 Å². The average molecular weight is 1820 g/mol. The lowest BCUT2D eigenvalue weighted by Gasteiger charge is -2.35. The number of benzene rings is 6. The van der Waals surface area contributed by atoms with Gasteiger partial charge >= 0.3 is 11.9 Å². The molecule has 5 aromatic carbocycles. The van der Waals surface area contributed by atoms with Crippen LogP contribution in [0.3, 0.4) is 0 Å². The first-order valence-electron chi connectivity index (χ1n) is 43.3. The van der Waals surface area contributed by atoms with E-state index in [-0.39, 0.29) is 44.5 Å². The number of nitrogen functional groups attached to an aromatic ring is 1. The highest BCUT2D eigenvalue weighted by atomic mass is 32.2. The smallest absolute Gasteiger partial charge is 0.329 e. The summed E-state index contributed by atoms with van der Waals surface area (Å²) in [5.74, 6) is -14.9. The Kier molecular flexibility index (Phi) is 30.3. The van der Waals surface area contributed by atoms with Crippen LogP contribution in [-0.4, -0.2) is 234 Å². The SMILES string of the molecule is CN1CCc2c(c3ccccc3n2Cc2ccccc2)C1.Cc1c2oc3c(C)ccc(C(=O)NC4C(=O)NC(C(C)C)C(=O)C5CCCC5C(=O)N(C)CC(=O)N(C)C(C(C)C)C(=O)OC4C)c3nc-2c(C(=O)NC2C(=O)NC(C(C)C)C(=O)C3CCCC3C(=O)N(C)CC(=O)N(C)C(C(C)C)C(=O)OC2C)c(N)c1=O.O=S(=O)(O)c1cccc2c(S(=O)(=O)O)cccc12. The number of hydrogen-bond acceptors (Lipinski definition) is 23. The summed E-state index contributed by atoms with van der Waals surface area (Å²) in [5.41, 5.74) is 9.47. The molecule has 13 rings (SSSR count). The van der Waals surface area contributed by atoms with Crippen molar-refractivity contribution in [1.29, 1.82) is 0 Å². The van der Waals surface area contributed by atoms with Crippen molar-refractivity contribution in [2.24, 2.45) is 47.3 Å². The lowest BCUT2D eigenvalue weighted by Crippen LogP contribution is -2.59. The fraction of sp³-hybridized carbons (Fsp3) is 0.484. The molecular weight excluding hydrogens is 1700 g/mol. The number of carbonyl (C=O) groups is 12. The zero-order valence-electron chi connectivity index (χ0n) is 75.6. The molecule has 4 aliphatic heterocycles. The van der Waals surface area contributed by atoms with E-state index in [0.29, 0.717) is 44.1 Å². The summed E-state index contributed by atoms with van der Waals surface area (Å²) < 4.78 is 83.5. The molecule has 2 saturated carbocycles. The minimum atomic E-state index is -4.47. The fourth-order valence-corrected chi connectivity index (χ4v) is 19.8. The maximum Gasteiger partial charge on any atom is 0.329 e. The molecule has 12 atom stereocenters. The van der Waals surface area contributed by atoms with Crippen LogP contribution < -0.4 is 32.4 Å². The zero-order chi connectivity index (χ0) is 94.8. The molecule has 8 amide bonds. The van der Waals surface area contributed by atoms with E-state index in [9.17, 15) is 69.6 Å². The Morgan fingerprint density at radius 3 is 1.47 bits per heavy atom. The van der Waals surface area contributed by atoms with Crippen LogP contribution in [0.1, 0.15) is 156 Å². The number of cyclic esters (lactones) is 2. The number of carbonyl (C=O) groups excluding carboxylic acids is 12. The van der Waals surface area contributed by atoms with Crippen LogP contribution in [0.4, 0.5) is 5.69 Å². The van der Waals surface area contributed by atoms with Crippen molar-refractivity contribution in [1.82, 2.24) is 55.3 Å². The molecule has 0 radical (unpaired) electrons. The van der Waals surface area contributed by atoms with E-state index in [1.807, 2.05) is 0 Å². The molecule has 4 fully saturated rings. The lowest BCUT2D eigenvalue weighted by molar-refractivity contribution is -0.163. The quantitative estimate of drug-likeness (QED) is 0.0266. The van der Waals surface area contributed by atoms with Crippen LogP contribution in [-0.2, 0) is 97.2 Å². The molecule has 36 heteroatoms. The average Bonchev–Trinajstić information content (AvgIpc) is 1.74. The molecule has 8 N–H and O–H groups in total. The van der Waals surface area contributed by atoms with E-state index in [1.54, 1.807) is 62.3 Å². The highest BCUT2D eigenvalue weighted by molar-refractivity contribution is 7.86. The van der Waals surface area contributed by atoms with Crippen LogP contribution in [0, 0.1) is 61.2 Å². The molecule has 2 saturated heterocycles. The topological polar surface area (TPSA) is 470 Å². The molecule has 0 spiro atoms. The van der Waals surface area contributed by atoms with Crippen LogP contribution in [0.2, 0.25) is 0 Å². The van der Waals surface area contributed by atoms with Gasteiger partial charge in [0.2, 0.25) is 40.9 Å². The third kappa shape index (κ3) is 20.9. The van der Waals surface area contributed by atoms with Crippen molar-refractivity contribution < 1.29 is 97.4 Å². The van der Waals surface area contributed by atoms with Gasteiger partial charge < -0.3 is 70.0 Å². The molecule has 34 nitrogen and oxygen atoms in total. The van der Waals surface area contributed by atoms with Gasteiger partial charge in [-0.05, 0) is 125 Å². The lowest BCUT2D eigenvalue weighted by atomic mass is 9.83. The first kappa shape index (κ1) is 97.7. The minimum absolute atomic E-state index is 0.0233. The van der Waals surface area contributed by atoms with Crippen LogP contribution in [0.5, 0.6) is 0 Å². The van der Waals surface area contributed by atoms with Gasteiger partial charge in [0.1, 0.15) is 57.4 Å². The number of likely N-dealkylation sites (N-methyl/N-ethyl adjacent to an activating group) is 5. The van der Waals surface area contributed by atoms with Gasteiger partial charge in [0, 0.05) is 111 Å². The maximum atomic E-state index is 15.2. The van der Waals surface area contributed by atoms with Gasteiger partial charge in [-0.1, -0.05) is 147 Å². The van der Waals surface area contributed by atoms with Gasteiger partial charge in [0.15, 0.2) is 22.9 Å². The largest absolute Gasteiger partial charge is 0.458 e. The maximum absolute atomic E-state index is 15.2. The number of nitrogens with zero attached hydrogens (tertiary/aromatic N) is 7. The predicted molar refractivity (Wildman–Crippen MR) is 479 cm³/mol. The van der Waals surface area contributed by atoms with E-state index >= 15 is 9.59 Å². The second kappa shape index (κ2) is 40.0. The van der Waals surface area contributed by atoms with Gasteiger partial charge in [0.25, 0.3) is 32.1 Å². The van der Waals surface area contributed by atoms with Gasteiger partial charge in [-0.3, -0.25) is 61.8 Å². The van der Waals surface area contributed by atoms with Crippen LogP contribution >= 0.6 is 0 Å². The van der Waals surface area contributed by atoms with Crippen molar-refractivity contribution in [2.75, 3.05) is 60.6 Å². The number of ether oxygens (including phenoxy) is 2. The molecule has 1 aromatic heterocycles. The number of rotatable bonds is 12.